The lowest BCUT2D eigenvalue weighted by molar-refractivity contribution is 0.371. The zero-order valence-electron chi connectivity index (χ0n) is 12.6. The maximum atomic E-state index is 5.99. The monoisotopic (exact) mass is 320 g/mol. The largest absolute Gasteiger partial charge is 0.306 e. The SMILES string of the molecule is CCNC(C)(Cc1ccc(Cl)cc1)c1nc2c(s1)CCC2. The van der Waals surface area contributed by atoms with Gasteiger partial charge in [0.05, 0.1) is 11.2 Å². The van der Waals surface area contributed by atoms with Crippen molar-refractivity contribution < 1.29 is 0 Å². The van der Waals surface area contributed by atoms with Crippen LogP contribution in [0, 0.1) is 0 Å². The molecule has 0 spiro atoms. The Bertz CT molecular complexity index is 599. The van der Waals surface area contributed by atoms with E-state index >= 15 is 0 Å². The Balaban J connectivity index is 1.88. The summed E-state index contributed by atoms with van der Waals surface area (Å²) >= 11 is 7.88. The molecule has 0 radical (unpaired) electrons. The summed E-state index contributed by atoms with van der Waals surface area (Å²) in [6.07, 6.45) is 4.55. The van der Waals surface area contributed by atoms with Crippen molar-refractivity contribution in [2.24, 2.45) is 0 Å². The van der Waals surface area contributed by atoms with Gasteiger partial charge in [-0.2, -0.15) is 0 Å². The number of thiazole rings is 1. The highest BCUT2D eigenvalue weighted by Crippen LogP contribution is 2.35. The second kappa shape index (κ2) is 6.07. The minimum absolute atomic E-state index is 0.0996. The predicted molar refractivity (Wildman–Crippen MR) is 90.3 cm³/mol. The molecule has 1 N–H and O–H groups in total. The van der Waals surface area contributed by atoms with Gasteiger partial charge in [-0.25, -0.2) is 4.98 Å². The summed E-state index contributed by atoms with van der Waals surface area (Å²) in [4.78, 5) is 6.42. The van der Waals surface area contributed by atoms with Crippen LogP contribution < -0.4 is 5.32 Å². The van der Waals surface area contributed by atoms with E-state index in [1.165, 1.54) is 34.0 Å². The second-order valence-corrected chi connectivity index (χ2v) is 7.43. The number of hydrogen-bond donors (Lipinski definition) is 1. The maximum absolute atomic E-state index is 5.99. The topological polar surface area (TPSA) is 24.9 Å². The highest BCUT2D eigenvalue weighted by molar-refractivity contribution is 7.12. The molecule has 0 amide bonds. The van der Waals surface area contributed by atoms with Gasteiger partial charge in [0, 0.05) is 9.90 Å². The van der Waals surface area contributed by atoms with E-state index in [4.69, 9.17) is 16.6 Å². The number of rotatable bonds is 5. The molecule has 0 bridgehead atoms. The molecular formula is C17H21ClN2S. The lowest BCUT2D eigenvalue weighted by atomic mass is 9.93. The van der Waals surface area contributed by atoms with Crippen LogP contribution in [0.1, 0.15) is 41.4 Å². The minimum atomic E-state index is -0.0996. The zero-order valence-corrected chi connectivity index (χ0v) is 14.2. The molecule has 2 aromatic rings. The van der Waals surface area contributed by atoms with Crippen molar-refractivity contribution in [3.63, 3.8) is 0 Å². The first kappa shape index (κ1) is 15.0. The number of hydrogen-bond acceptors (Lipinski definition) is 3. The molecule has 2 nitrogen and oxygen atoms in total. The smallest absolute Gasteiger partial charge is 0.113 e. The highest BCUT2D eigenvalue weighted by Gasteiger charge is 2.31. The van der Waals surface area contributed by atoms with E-state index in [0.29, 0.717) is 0 Å². The van der Waals surface area contributed by atoms with Crippen molar-refractivity contribution in [2.45, 2.75) is 45.1 Å². The summed E-state index contributed by atoms with van der Waals surface area (Å²) < 4.78 is 0. The molecule has 1 unspecified atom stereocenters. The van der Waals surface area contributed by atoms with Crippen LogP contribution in [0.25, 0.3) is 0 Å². The summed E-state index contributed by atoms with van der Waals surface area (Å²) in [6, 6.07) is 8.15. The van der Waals surface area contributed by atoms with Crippen LogP contribution in [-0.4, -0.2) is 11.5 Å². The Labute approximate surface area is 135 Å². The van der Waals surface area contributed by atoms with Gasteiger partial charge in [0.15, 0.2) is 0 Å². The Morgan fingerprint density at radius 1 is 1.29 bits per heavy atom. The molecule has 1 atom stereocenters. The van der Waals surface area contributed by atoms with Gasteiger partial charge in [0.1, 0.15) is 5.01 Å². The molecule has 3 rings (SSSR count). The first-order chi connectivity index (χ1) is 10.1. The Morgan fingerprint density at radius 2 is 2.05 bits per heavy atom. The van der Waals surface area contributed by atoms with Crippen LogP contribution in [0.15, 0.2) is 24.3 Å². The minimum Gasteiger partial charge on any atom is -0.306 e. The molecule has 112 valence electrons. The average molecular weight is 321 g/mol. The number of aryl methyl sites for hydroxylation is 2. The van der Waals surface area contributed by atoms with E-state index in [1.54, 1.807) is 0 Å². The molecular weight excluding hydrogens is 300 g/mol. The molecule has 1 aromatic carbocycles. The van der Waals surface area contributed by atoms with E-state index in [2.05, 4.69) is 31.3 Å². The number of benzene rings is 1. The van der Waals surface area contributed by atoms with Gasteiger partial charge in [0.2, 0.25) is 0 Å². The normalized spacial score (nSPS) is 16.7. The van der Waals surface area contributed by atoms with E-state index in [1.807, 2.05) is 23.5 Å². The van der Waals surface area contributed by atoms with Crippen LogP contribution in [0.3, 0.4) is 0 Å². The number of fused-ring (bicyclic) bond motifs is 1. The van der Waals surface area contributed by atoms with E-state index in [0.717, 1.165) is 24.4 Å². The molecule has 1 aliphatic carbocycles. The molecule has 0 saturated heterocycles. The fraction of sp³-hybridized carbons (Fsp3) is 0.471. The number of nitrogens with one attached hydrogen (secondary N) is 1. The van der Waals surface area contributed by atoms with Gasteiger partial charge in [-0.05, 0) is 56.8 Å². The van der Waals surface area contributed by atoms with Crippen molar-refractivity contribution >= 4 is 22.9 Å². The van der Waals surface area contributed by atoms with Gasteiger partial charge in [-0.3, -0.25) is 0 Å². The third-order valence-electron chi connectivity index (χ3n) is 4.11. The van der Waals surface area contributed by atoms with E-state index in [-0.39, 0.29) is 5.54 Å². The van der Waals surface area contributed by atoms with Crippen molar-refractivity contribution in [1.82, 2.24) is 10.3 Å². The fourth-order valence-corrected chi connectivity index (χ4v) is 4.44. The van der Waals surface area contributed by atoms with Crippen LogP contribution in [-0.2, 0) is 24.8 Å². The van der Waals surface area contributed by atoms with Crippen LogP contribution in [0.2, 0.25) is 5.02 Å². The van der Waals surface area contributed by atoms with Gasteiger partial charge in [-0.1, -0.05) is 30.7 Å². The summed E-state index contributed by atoms with van der Waals surface area (Å²) in [7, 11) is 0. The number of aromatic nitrogens is 1. The average Bonchev–Trinajstić information content (AvgIpc) is 3.03. The van der Waals surface area contributed by atoms with Crippen LogP contribution in [0.4, 0.5) is 0 Å². The molecule has 1 aliphatic rings. The maximum Gasteiger partial charge on any atom is 0.113 e. The Hall–Kier alpha value is -0.900. The Morgan fingerprint density at radius 3 is 2.71 bits per heavy atom. The zero-order chi connectivity index (χ0) is 14.9. The molecule has 21 heavy (non-hydrogen) atoms. The summed E-state index contributed by atoms with van der Waals surface area (Å²) in [5, 5.41) is 5.66. The molecule has 4 heteroatoms. The molecule has 1 aromatic heterocycles. The fourth-order valence-electron chi connectivity index (χ4n) is 3.04. The van der Waals surface area contributed by atoms with E-state index in [9.17, 15) is 0 Å². The summed E-state index contributed by atoms with van der Waals surface area (Å²) in [6.45, 7) is 5.36. The third kappa shape index (κ3) is 3.15. The first-order valence-electron chi connectivity index (χ1n) is 7.59. The number of likely N-dealkylation sites (N-methyl/N-ethyl adjacent to an activating group) is 1. The molecule has 0 saturated carbocycles. The van der Waals surface area contributed by atoms with Gasteiger partial charge in [0.25, 0.3) is 0 Å². The standard InChI is InChI=1S/C17H21ClN2S/c1-3-19-17(2,11-12-7-9-13(18)10-8-12)16-20-14-5-4-6-15(14)21-16/h7-10,19H,3-6,11H2,1-2H3. The summed E-state index contributed by atoms with van der Waals surface area (Å²) in [5.74, 6) is 0. The quantitative estimate of drug-likeness (QED) is 0.885. The van der Waals surface area contributed by atoms with E-state index < -0.39 is 0 Å². The van der Waals surface area contributed by atoms with Crippen molar-refractivity contribution in [3.8, 4) is 0 Å². The van der Waals surface area contributed by atoms with Crippen molar-refractivity contribution in [3.05, 3.63) is 50.4 Å². The lowest BCUT2D eigenvalue weighted by Crippen LogP contribution is -2.41. The van der Waals surface area contributed by atoms with Crippen molar-refractivity contribution in [1.29, 1.82) is 0 Å². The lowest BCUT2D eigenvalue weighted by Gasteiger charge is -2.29. The predicted octanol–water partition coefficient (Wildman–Crippen LogP) is 4.35. The summed E-state index contributed by atoms with van der Waals surface area (Å²) in [5.41, 5.74) is 2.52. The van der Waals surface area contributed by atoms with Crippen molar-refractivity contribution in [2.75, 3.05) is 6.54 Å². The Kier molecular flexibility index (Phi) is 4.34. The van der Waals surface area contributed by atoms with Gasteiger partial charge in [-0.15, -0.1) is 11.3 Å². The van der Waals surface area contributed by atoms with Crippen LogP contribution in [0.5, 0.6) is 0 Å². The first-order valence-corrected chi connectivity index (χ1v) is 8.79. The van der Waals surface area contributed by atoms with Gasteiger partial charge >= 0.3 is 0 Å². The van der Waals surface area contributed by atoms with Gasteiger partial charge < -0.3 is 5.32 Å². The number of nitrogens with zero attached hydrogens (tertiary/aromatic N) is 1. The highest BCUT2D eigenvalue weighted by atomic mass is 35.5. The van der Waals surface area contributed by atoms with Crippen LogP contribution >= 0.6 is 22.9 Å². The second-order valence-electron chi connectivity index (χ2n) is 5.91. The number of halogens is 1. The molecule has 0 aliphatic heterocycles. The molecule has 0 fully saturated rings. The molecule has 1 heterocycles. The third-order valence-corrected chi connectivity index (χ3v) is 5.78.